The highest BCUT2D eigenvalue weighted by atomic mass is 32.2. The van der Waals surface area contributed by atoms with Gasteiger partial charge in [-0.3, -0.25) is 4.79 Å². The van der Waals surface area contributed by atoms with Crippen LogP contribution in [0.4, 0.5) is 13.2 Å². The van der Waals surface area contributed by atoms with Crippen LogP contribution in [0.25, 0.3) is 5.65 Å². The molecule has 2 aromatic heterocycles. The Kier molecular flexibility index (Phi) is 5.21. The van der Waals surface area contributed by atoms with E-state index in [0.717, 1.165) is 24.3 Å². The molecule has 1 unspecified atom stereocenters. The molecule has 12 heteroatoms. The van der Waals surface area contributed by atoms with E-state index in [1.807, 2.05) is 0 Å². The minimum absolute atomic E-state index is 0.0168. The second kappa shape index (κ2) is 7.61. The fourth-order valence-electron chi connectivity index (χ4n) is 3.58. The third kappa shape index (κ3) is 3.88. The first-order valence-electron chi connectivity index (χ1n) is 9.36. The highest BCUT2D eigenvalue weighted by molar-refractivity contribution is 7.89. The Morgan fingerprint density at radius 1 is 1.16 bits per heavy atom. The number of aromatic nitrogens is 3. The molecule has 0 N–H and O–H groups in total. The molecule has 1 aliphatic heterocycles. The van der Waals surface area contributed by atoms with Gasteiger partial charge in [-0.15, -0.1) is 0 Å². The maximum Gasteiger partial charge on any atom is 0.416 e. The SMILES string of the molecule is CC1CN(C(=O)c2cnn3cccnc23)CCN1S(=O)(=O)c1ccc(C(F)(F)F)cc1. The summed E-state index contributed by atoms with van der Waals surface area (Å²) < 4.78 is 66.9. The van der Waals surface area contributed by atoms with Gasteiger partial charge >= 0.3 is 6.18 Å². The van der Waals surface area contributed by atoms with Crippen LogP contribution >= 0.6 is 0 Å². The highest BCUT2D eigenvalue weighted by Crippen LogP contribution is 2.31. The number of carbonyl (C=O) groups is 1. The van der Waals surface area contributed by atoms with Gasteiger partial charge in [0, 0.05) is 38.1 Å². The lowest BCUT2D eigenvalue weighted by atomic mass is 10.2. The average molecular weight is 453 g/mol. The predicted octanol–water partition coefficient (Wildman–Crippen LogP) is 2.28. The number of carbonyl (C=O) groups excluding carboxylic acids is 1. The fraction of sp³-hybridized carbons (Fsp3) is 0.316. The molecule has 0 bridgehead atoms. The summed E-state index contributed by atoms with van der Waals surface area (Å²) in [7, 11) is -4.01. The number of halogens is 3. The zero-order valence-electron chi connectivity index (χ0n) is 16.3. The van der Waals surface area contributed by atoms with Crippen LogP contribution in [-0.2, 0) is 16.2 Å². The molecule has 1 amide bonds. The fourth-order valence-corrected chi connectivity index (χ4v) is 5.20. The summed E-state index contributed by atoms with van der Waals surface area (Å²) in [5.74, 6) is -0.313. The number of nitrogens with zero attached hydrogens (tertiary/aromatic N) is 5. The Balaban J connectivity index is 1.51. The van der Waals surface area contributed by atoms with Gasteiger partial charge in [0.2, 0.25) is 10.0 Å². The van der Waals surface area contributed by atoms with Gasteiger partial charge in [-0.25, -0.2) is 17.9 Å². The molecule has 1 aliphatic rings. The van der Waals surface area contributed by atoms with Gasteiger partial charge in [0.15, 0.2) is 5.65 Å². The minimum atomic E-state index is -4.55. The molecule has 1 saturated heterocycles. The van der Waals surface area contributed by atoms with Crippen molar-refractivity contribution in [3.63, 3.8) is 0 Å². The second-order valence-corrected chi connectivity index (χ2v) is 9.07. The van der Waals surface area contributed by atoms with Crippen molar-refractivity contribution in [2.45, 2.75) is 24.0 Å². The normalized spacial score (nSPS) is 18.5. The van der Waals surface area contributed by atoms with Crippen molar-refractivity contribution >= 4 is 21.6 Å². The van der Waals surface area contributed by atoms with Gasteiger partial charge in [0.1, 0.15) is 5.56 Å². The number of sulfonamides is 1. The van der Waals surface area contributed by atoms with E-state index in [-0.39, 0.29) is 30.4 Å². The molecule has 164 valence electrons. The number of piperazine rings is 1. The largest absolute Gasteiger partial charge is 0.416 e. The number of rotatable bonds is 3. The third-order valence-corrected chi connectivity index (χ3v) is 7.18. The summed E-state index contributed by atoms with van der Waals surface area (Å²) in [4.78, 5) is 18.4. The van der Waals surface area contributed by atoms with Crippen molar-refractivity contribution in [1.82, 2.24) is 23.8 Å². The van der Waals surface area contributed by atoms with Crippen molar-refractivity contribution in [2.75, 3.05) is 19.6 Å². The van der Waals surface area contributed by atoms with Crippen LogP contribution in [0.1, 0.15) is 22.8 Å². The second-order valence-electron chi connectivity index (χ2n) is 7.18. The maximum atomic E-state index is 13.0. The van der Waals surface area contributed by atoms with Gasteiger partial charge in [-0.1, -0.05) is 0 Å². The number of benzene rings is 1. The summed E-state index contributed by atoms with van der Waals surface area (Å²) in [5.41, 5.74) is -0.205. The molecule has 1 fully saturated rings. The average Bonchev–Trinajstić information content (AvgIpc) is 3.16. The third-order valence-electron chi connectivity index (χ3n) is 5.15. The van der Waals surface area contributed by atoms with Crippen LogP contribution in [-0.4, -0.2) is 63.8 Å². The molecule has 3 aromatic rings. The van der Waals surface area contributed by atoms with Crippen molar-refractivity contribution in [2.24, 2.45) is 0 Å². The summed E-state index contributed by atoms with van der Waals surface area (Å²) >= 11 is 0. The molecule has 0 saturated carbocycles. The quantitative estimate of drug-likeness (QED) is 0.607. The van der Waals surface area contributed by atoms with Crippen molar-refractivity contribution in [3.05, 3.63) is 60.0 Å². The number of alkyl halides is 3. The summed E-state index contributed by atoms with van der Waals surface area (Å²) in [6.45, 7) is 1.93. The van der Waals surface area contributed by atoms with E-state index in [4.69, 9.17) is 0 Å². The van der Waals surface area contributed by atoms with E-state index in [9.17, 15) is 26.4 Å². The molecule has 1 aromatic carbocycles. The smallest absolute Gasteiger partial charge is 0.336 e. The van der Waals surface area contributed by atoms with E-state index in [1.165, 1.54) is 19.9 Å². The topological polar surface area (TPSA) is 87.9 Å². The molecular formula is C19H18F3N5O3S. The lowest BCUT2D eigenvalue weighted by Crippen LogP contribution is -2.55. The first kappa shape index (κ1) is 21.2. The minimum Gasteiger partial charge on any atom is -0.336 e. The van der Waals surface area contributed by atoms with E-state index >= 15 is 0 Å². The molecule has 31 heavy (non-hydrogen) atoms. The van der Waals surface area contributed by atoms with Crippen LogP contribution in [0.2, 0.25) is 0 Å². The molecule has 4 rings (SSSR count). The van der Waals surface area contributed by atoms with Gasteiger partial charge in [-0.2, -0.15) is 22.6 Å². The zero-order chi connectivity index (χ0) is 22.4. The van der Waals surface area contributed by atoms with Crippen LogP contribution in [0, 0.1) is 0 Å². The van der Waals surface area contributed by atoms with Crippen LogP contribution < -0.4 is 0 Å². The molecule has 0 spiro atoms. The number of hydrogen-bond acceptors (Lipinski definition) is 5. The molecule has 0 aliphatic carbocycles. The molecule has 1 atom stereocenters. The predicted molar refractivity (Wildman–Crippen MR) is 104 cm³/mol. The maximum absolute atomic E-state index is 13.0. The van der Waals surface area contributed by atoms with E-state index < -0.39 is 27.8 Å². The van der Waals surface area contributed by atoms with Crippen molar-refractivity contribution < 1.29 is 26.4 Å². The lowest BCUT2D eigenvalue weighted by Gasteiger charge is -2.38. The van der Waals surface area contributed by atoms with Crippen LogP contribution in [0.15, 0.2) is 53.8 Å². The van der Waals surface area contributed by atoms with Crippen LogP contribution in [0.3, 0.4) is 0 Å². The Morgan fingerprint density at radius 3 is 2.52 bits per heavy atom. The highest BCUT2D eigenvalue weighted by Gasteiger charge is 2.37. The first-order valence-corrected chi connectivity index (χ1v) is 10.8. The lowest BCUT2D eigenvalue weighted by molar-refractivity contribution is -0.137. The van der Waals surface area contributed by atoms with Gasteiger partial charge in [-0.05, 0) is 37.3 Å². The van der Waals surface area contributed by atoms with Gasteiger partial charge < -0.3 is 4.90 Å². The van der Waals surface area contributed by atoms with Crippen LogP contribution in [0.5, 0.6) is 0 Å². The Hall–Kier alpha value is -2.99. The molecule has 3 heterocycles. The van der Waals surface area contributed by atoms with Gasteiger partial charge in [0.05, 0.1) is 16.7 Å². The zero-order valence-corrected chi connectivity index (χ0v) is 17.1. The molecule has 8 nitrogen and oxygen atoms in total. The van der Waals surface area contributed by atoms with E-state index in [1.54, 1.807) is 25.4 Å². The van der Waals surface area contributed by atoms with Gasteiger partial charge in [0.25, 0.3) is 5.91 Å². The Labute approximate surface area is 176 Å². The summed E-state index contributed by atoms with van der Waals surface area (Å²) in [5, 5.41) is 4.09. The van der Waals surface area contributed by atoms with E-state index in [2.05, 4.69) is 10.1 Å². The van der Waals surface area contributed by atoms with Crippen molar-refractivity contribution in [1.29, 1.82) is 0 Å². The standard InChI is InChI=1S/C19H18F3N5O3S/c1-13-12-25(18(28)16-11-24-26-8-2-7-23-17(16)26)9-10-27(13)31(29,30)15-5-3-14(4-6-15)19(20,21)22/h2-8,11,13H,9-10,12H2,1H3. The number of amides is 1. The molecular weight excluding hydrogens is 435 g/mol. The first-order chi connectivity index (χ1) is 14.6. The van der Waals surface area contributed by atoms with Crippen molar-refractivity contribution in [3.8, 4) is 0 Å². The Bertz CT molecular complexity index is 1220. The monoisotopic (exact) mass is 453 g/mol. The summed E-state index contributed by atoms with van der Waals surface area (Å²) in [6, 6.07) is 4.51. The Morgan fingerprint density at radius 2 is 1.87 bits per heavy atom. The molecule has 0 radical (unpaired) electrons. The number of fused-ring (bicyclic) bond motifs is 1. The number of hydrogen-bond donors (Lipinski definition) is 0. The van der Waals surface area contributed by atoms with E-state index in [0.29, 0.717) is 11.2 Å². The summed E-state index contributed by atoms with van der Waals surface area (Å²) in [6.07, 6.45) is 0.0799.